The summed E-state index contributed by atoms with van der Waals surface area (Å²) in [5, 5.41) is 13.3. The highest BCUT2D eigenvalue weighted by Crippen LogP contribution is 2.25. The Bertz CT molecular complexity index is 563. The van der Waals surface area contributed by atoms with Crippen LogP contribution >= 0.6 is 11.8 Å². The van der Waals surface area contributed by atoms with Crippen molar-refractivity contribution in [3.63, 3.8) is 0 Å². The average Bonchev–Trinajstić information content (AvgIpc) is 2.47. The molecular weight excluding hydrogens is 302 g/mol. The SMILES string of the molecule is O=C(NCC1CCCCS1)c1cc(F)c([N+](=O)[O-])cc1F. The molecule has 0 spiro atoms. The van der Waals surface area contributed by atoms with Crippen molar-refractivity contribution < 1.29 is 18.5 Å². The Morgan fingerprint density at radius 2 is 2.14 bits per heavy atom. The van der Waals surface area contributed by atoms with Gasteiger partial charge in [0.05, 0.1) is 16.6 Å². The van der Waals surface area contributed by atoms with Crippen LogP contribution in [0, 0.1) is 21.7 Å². The van der Waals surface area contributed by atoms with Crippen LogP contribution in [0.4, 0.5) is 14.5 Å². The van der Waals surface area contributed by atoms with Gasteiger partial charge in [-0.05, 0) is 24.7 Å². The number of halogens is 2. The van der Waals surface area contributed by atoms with E-state index in [0.29, 0.717) is 18.7 Å². The quantitative estimate of drug-likeness (QED) is 0.685. The first-order valence-corrected chi connectivity index (χ1v) is 7.57. The number of nitrogens with zero attached hydrogens (tertiary/aromatic N) is 1. The predicted octanol–water partition coefficient (Wildman–Crippen LogP) is 2.89. The van der Waals surface area contributed by atoms with E-state index in [0.717, 1.165) is 25.0 Å². The summed E-state index contributed by atoms with van der Waals surface area (Å²) >= 11 is 1.74. The summed E-state index contributed by atoms with van der Waals surface area (Å²) in [4.78, 5) is 21.3. The third kappa shape index (κ3) is 3.90. The first kappa shape index (κ1) is 15.7. The number of amides is 1. The fourth-order valence-electron chi connectivity index (χ4n) is 2.12. The number of carbonyl (C=O) groups is 1. The number of rotatable bonds is 4. The van der Waals surface area contributed by atoms with Gasteiger partial charge in [-0.1, -0.05) is 6.42 Å². The molecule has 1 aromatic rings. The van der Waals surface area contributed by atoms with Crippen molar-refractivity contribution in [3.05, 3.63) is 39.4 Å². The monoisotopic (exact) mass is 316 g/mol. The molecule has 1 aliphatic rings. The summed E-state index contributed by atoms with van der Waals surface area (Å²) in [6.45, 7) is 0.377. The van der Waals surface area contributed by atoms with Crippen LogP contribution in [0.5, 0.6) is 0 Å². The van der Waals surface area contributed by atoms with Crippen LogP contribution in [0.1, 0.15) is 29.6 Å². The first-order valence-electron chi connectivity index (χ1n) is 6.52. The Kier molecular flexibility index (Phi) is 5.11. The predicted molar refractivity (Wildman–Crippen MR) is 75.4 cm³/mol. The van der Waals surface area contributed by atoms with Crippen molar-refractivity contribution in [3.8, 4) is 0 Å². The molecule has 0 bridgehead atoms. The van der Waals surface area contributed by atoms with E-state index in [2.05, 4.69) is 5.32 Å². The van der Waals surface area contributed by atoms with Crippen molar-refractivity contribution in [1.29, 1.82) is 0 Å². The molecule has 1 fully saturated rings. The standard InChI is InChI=1S/C13H14F2N2O3S/c14-10-6-12(17(19)20)11(15)5-9(10)13(18)16-7-8-3-1-2-4-21-8/h5-6,8H,1-4,7H2,(H,16,18). The zero-order valence-corrected chi connectivity index (χ0v) is 11.9. The van der Waals surface area contributed by atoms with E-state index >= 15 is 0 Å². The minimum absolute atomic E-state index is 0.272. The summed E-state index contributed by atoms with van der Waals surface area (Å²) in [6, 6.07) is 0.996. The first-order chi connectivity index (χ1) is 9.99. The molecule has 2 rings (SSSR count). The van der Waals surface area contributed by atoms with Crippen LogP contribution < -0.4 is 5.32 Å². The van der Waals surface area contributed by atoms with Crippen LogP contribution in [-0.2, 0) is 0 Å². The van der Waals surface area contributed by atoms with Crippen molar-refractivity contribution in [2.24, 2.45) is 0 Å². The fraction of sp³-hybridized carbons (Fsp3) is 0.462. The van der Waals surface area contributed by atoms with Gasteiger partial charge in [0, 0.05) is 11.8 Å². The number of nitro benzene ring substituents is 1. The molecule has 0 aliphatic carbocycles. The largest absolute Gasteiger partial charge is 0.351 e. The van der Waals surface area contributed by atoms with Gasteiger partial charge in [0.2, 0.25) is 5.82 Å². The minimum atomic E-state index is -1.22. The molecule has 5 nitrogen and oxygen atoms in total. The zero-order chi connectivity index (χ0) is 15.4. The normalized spacial score (nSPS) is 18.3. The van der Waals surface area contributed by atoms with Crippen molar-refractivity contribution in [2.75, 3.05) is 12.3 Å². The van der Waals surface area contributed by atoms with Gasteiger partial charge < -0.3 is 5.32 Å². The molecule has 1 heterocycles. The highest BCUT2D eigenvalue weighted by Gasteiger charge is 2.23. The van der Waals surface area contributed by atoms with Crippen molar-refractivity contribution in [2.45, 2.75) is 24.5 Å². The Morgan fingerprint density at radius 1 is 1.38 bits per heavy atom. The molecule has 0 radical (unpaired) electrons. The number of hydrogen-bond acceptors (Lipinski definition) is 4. The van der Waals surface area contributed by atoms with Gasteiger partial charge >= 0.3 is 5.69 Å². The molecule has 1 amide bonds. The summed E-state index contributed by atoms with van der Waals surface area (Å²) < 4.78 is 27.1. The van der Waals surface area contributed by atoms with Crippen LogP contribution in [0.25, 0.3) is 0 Å². The minimum Gasteiger partial charge on any atom is -0.351 e. The Morgan fingerprint density at radius 3 is 2.76 bits per heavy atom. The van der Waals surface area contributed by atoms with E-state index in [1.165, 1.54) is 0 Å². The summed E-state index contributed by atoms with van der Waals surface area (Å²) in [5.74, 6) is -2.05. The second kappa shape index (κ2) is 6.84. The molecule has 0 aromatic heterocycles. The van der Waals surface area contributed by atoms with Gasteiger partial charge in [-0.25, -0.2) is 4.39 Å². The lowest BCUT2D eigenvalue weighted by molar-refractivity contribution is -0.387. The average molecular weight is 316 g/mol. The number of nitrogens with one attached hydrogen (secondary N) is 1. The van der Waals surface area contributed by atoms with E-state index < -0.39 is 33.7 Å². The fourth-order valence-corrected chi connectivity index (χ4v) is 3.36. The van der Waals surface area contributed by atoms with E-state index in [9.17, 15) is 23.7 Å². The molecule has 1 atom stereocenters. The maximum absolute atomic E-state index is 13.7. The van der Waals surface area contributed by atoms with E-state index in [-0.39, 0.29) is 5.25 Å². The molecule has 8 heteroatoms. The molecule has 1 aliphatic heterocycles. The second-order valence-corrected chi connectivity index (χ2v) is 6.15. The molecule has 1 N–H and O–H groups in total. The molecule has 114 valence electrons. The molecule has 0 saturated carbocycles. The van der Waals surface area contributed by atoms with E-state index in [4.69, 9.17) is 0 Å². The molecule has 1 aromatic carbocycles. The lowest BCUT2D eigenvalue weighted by atomic mass is 10.1. The maximum atomic E-state index is 13.7. The third-order valence-corrected chi connectivity index (χ3v) is 4.64. The summed E-state index contributed by atoms with van der Waals surface area (Å²) in [5.41, 5.74) is -1.49. The Balaban J connectivity index is 2.05. The van der Waals surface area contributed by atoms with Crippen LogP contribution in [0.15, 0.2) is 12.1 Å². The van der Waals surface area contributed by atoms with Crippen LogP contribution in [0.2, 0.25) is 0 Å². The third-order valence-electron chi connectivity index (χ3n) is 3.24. The molecule has 1 unspecified atom stereocenters. The highest BCUT2D eigenvalue weighted by atomic mass is 32.2. The number of thioether (sulfide) groups is 1. The number of carbonyl (C=O) groups excluding carboxylic acids is 1. The molecule has 1 saturated heterocycles. The van der Waals surface area contributed by atoms with Crippen molar-refractivity contribution in [1.82, 2.24) is 5.32 Å². The molecular formula is C13H14F2N2O3S. The highest BCUT2D eigenvalue weighted by molar-refractivity contribution is 7.99. The topological polar surface area (TPSA) is 72.2 Å². The summed E-state index contributed by atoms with van der Waals surface area (Å²) in [7, 11) is 0. The van der Waals surface area contributed by atoms with Gasteiger partial charge in [0.1, 0.15) is 5.82 Å². The Labute approximate surface area is 124 Å². The lowest BCUT2D eigenvalue weighted by Crippen LogP contribution is -2.32. The number of nitro groups is 1. The van der Waals surface area contributed by atoms with Gasteiger partial charge in [-0.2, -0.15) is 16.2 Å². The van der Waals surface area contributed by atoms with Gasteiger partial charge in [-0.15, -0.1) is 0 Å². The van der Waals surface area contributed by atoms with Gasteiger partial charge in [0.25, 0.3) is 5.91 Å². The van der Waals surface area contributed by atoms with Gasteiger partial charge in [-0.3, -0.25) is 14.9 Å². The second-order valence-electron chi connectivity index (χ2n) is 4.74. The number of hydrogen-bond donors (Lipinski definition) is 1. The van der Waals surface area contributed by atoms with Crippen LogP contribution in [-0.4, -0.2) is 28.4 Å². The van der Waals surface area contributed by atoms with E-state index in [1.807, 2.05) is 0 Å². The molecule has 21 heavy (non-hydrogen) atoms. The summed E-state index contributed by atoms with van der Waals surface area (Å²) in [6.07, 6.45) is 3.22. The van der Waals surface area contributed by atoms with E-state index in [1.54, 1.807) is 11.8 Å². The zero-order valence-electron chi connectivity index (χ0n) is 11.1. The maximum Gasteiger partial charge on any atom is 0.307 e. The Hall–Kier alpha value is -1.70. The lowest BCUT2D eigenvalue weighted by Gasteiger charge is -2.21. The van der Waals surface area contributed by atoms with Gasteiger partial charge in [0.15, 0.2) is 0 Å². The number of benzene rings is 1. The van der Waals surface area contributed by atoms with Crippen LogP contribution in [0.3, 0.4) is 0 Å². The smallest absolute Gasteiger partial charge is 0.307 e. The van der Waals surface area contributed by atoms with Crippen molar-refractivity contribution >= 4 is 23.4 Å².